The number of hydrogen-bond donors (Lipinski definition) is 0. The molecule has 0 N–H and O–H groups in total. The van der Waals surface area contributed by atoms with Crippen LogP contribution in [0.15, 0.2) is 48.5 Å². The highest BCUT2D eigenvalue weighted by molar-refractivity contribution is 5.76. The van der Waals surface area contributed by atoms with Crippen molar-refractivity contribution in [2.24, 2.45) is 0 Å². The van der Waals surface area contributed by atoms with Crippen LogP contribution in [0.25, 0.3) is 11.1 Å². The van der Waals surface area contributed by atoms with Crippen LogP contribution in [0.5, 0.6) is 0 Å². The summed E-state index contributed by atoms with van der Waals surface area (Å²) in [6, 6.07) is 16.4. The molecule has 0 aliphatic rings. The van der Waals surface area contributed by atoms with Gasteiger partial charge in [0.2, 0.25) is 0 Å². The maximum Gasteiger partial charge on any atom is 0.150 e. The standard InChI is InChI=1S/C17H18O/c1-3-13(2)15-8-10-17(11-9-15)16-6-4-14(12-18)5-7-16/h4-13H,3H2,1-2H3/t13-/m1/s1. The Hall–Kier alpha value is -1.89. The van der Waals surface area contributed by atoms with Gasteiger partial charge in [0.25, 0.3) is 0 Å². The maximum atomic E-state index is 10.6. The van der Waals surface area contributed by atoms with Gasteiger partial charge in [-0.3, -0.25) is 4.79 Å². The summed E-state index contributed by atoms with van der Waals surface area (Å²) in [5.41, 5.74) is 4.44. The fourth-order valence-electron chi connectivity index (χ4n) is 1.99. The van der Waals surface area contributed by atoms with Crippen LogP contribution in [0.4, 0.5) is 0 Å². The molecule has 92 valence electrons. The third-order valence-electron chi connectivity index (χ3n) is 3.47. The summed E-state index contributed by atoms with van der Waals surface area (Å²) in [5.74, 6) is 0.608. The molecule has 1 atom stereocenters. The normalized spacial score (nSPS) is 12.1. The van der Waals surface area contributed by atoms with Crippen LogP contribution in [-0.2, 0) is 0 Å². The van der Waals surface area contributed by atoms with Crippen LogP contribution in [0.2, 0.25) is 0 Å². The molecule has 2 aromatic carbocycles. The molecule has 18 heavy (non-hydrogen) atoms. The molecule has 0 heterocycles. The van der Waals surface area contributed by atoms with E-state index in [0.717, 1.165) is 23.8 Å². The van der Waals surface area contributed by atoms with Gasteiger partial charge < -0.3 is 0 Å². The van der Waals surface area contributed by atoms with Gasteiger partial charge in [-0.15, -0.1) is 0 Å². The third kappa shape index (κ3) is 2.67. The zero-order valence-electron chi connectivity index (χ0n) is 10.9. The first-order chi connectivity index (χ1) is 8.74. The minimum absolute atomic E-state index is 0.608. The maximum absolute atomic E-state index is 10.6. The van der Waals surface area contributed by atoms with Crippen molar-refractivity contribution in [3.05, 3.63) is 59.7 Å². The molecule has 0 bridgehead atoms. The van der Waals surface area contributed by atoms with Gasteiger partial charge in [0, 0.05) is 5.56 Å². The van der Waals surface area contributed by atoms with Gasteiger partial charge in [-0.1, -0.05) is 62.4 Å². The minimum atomic E-state index is 0.608. The van der Waals surface area contributed by atoms with Gasteiger partial charge in [0.05, 0.1) is 0 Å². The van der Waals surface area contributed by atoms with Crippen molar-refractivity contribution in [1.82, 2.24) is 0 Å². The van der Waals surface area contributed by atoms with Crippen LogP contribution in [0.1, 0.15) is 42.1 Å². The first kappa shape index (κ1) is 12.6. The predicted octanol–water partition coefficient (Wildman–Crippen LogP) is 4.68. The molecule has 0 fully saturated rings. The second-order valence-electron chi connectivity index (χ2n) is 4.67. The third-order valence-corrected chi connectivity index (χ3v) is 3.47. The summed E-state index contributed by atoms with van der Waals surface area (Å²) in [7, 11) is 0. The molecular weight excluding hydrogens is 220 g/mol. The van der Waals surface area contributed by atoms with Crippen molar-refractivity contribution in [1.29, 1.82) is 0 Å². The minimum Gasteiger partial charge on any atom is -0.298 e. The van der Waals surface area contributed by atoms with Crippen molar-refractivity contribution in [3.8, 4) is 11.1 Å². The quantitative estimate of drug-likeness (QED) is 0.707. The molecule has 0 aliphatic carbocycles. The summed E-state index contributed by atoms with van der Waals surface area (Å²) >= 11 is 0. The smallest absolute Gasteiger partial charge is 0.150 e. The molecule has 1 nitrogen and oxygen atoms in total. The largest absolute Gasteiger partial charge is 0.298 e. The zero-order valence-corrected chi connectivity index (χ0v) is 10.9. The van der Waals surface area contributed by atoms with Crippen molar-refractivity contribution in [3.63, 3.8) is 0 Å². The van der Waals surface area contributed by atoms with Crippen molar-refractivity contribution >= 4 is 6.29 Å². The van der Waals surface area contributed by atoms with Crippen molar-refractivity contribution < 1.29 is 4.79 Å². The highest BCUT2D eigenvalue weighted by atomic mass is 16.1. The average molecular weight is 238 g/mol. The molecule has 0 saturated heterocycles. The molecule has 1 heteroatoms. The van der Waals surface area contributed by atoms with E-state index in [1.807, 2.05) is 24.3 Å². The van der Waals surface area contributed by atoms with E-state index in [-0.39, 0.29) is 0 Å². The molecule has 0 amide bonds. The number of carbonyl (C=O) groups is 1. The fraction of sp³-hybridized carbons (Fsp3) is 0.235. The second-order valence-corrected chi connectivity index (χ2v) is 4.67. The van der Waals surface area contributed by atoms with Crippen LogP contribution in [0, 0.1) is 0 Å². The Morgan fingerprint density at radius 1 is 0.944 bits per heavy atom. The Morgan fingerprint density at radius 3 is 1.89 bits per heavy atom. The van der Waals surface area contributed by atoms with Gasteiger partial charge in [0.15, 0.2) is 0 Å². The topological polar surface area (TPSA) is 17.1 Å². The highest BCUT2D eigenvalue weighted by Gasteiger charge is 2.03. The number of benzene rings is 2. The van der Waals surface area contributed by atoms with Crippen molar-refractivity contribution in [2.75, 3.05) is 0 Å². The van der Waals surface area contributed by atoms with E-state index in [2.05, 4.69) is 38.1 Å². The summed E-state index contributed by atoms with van der Waals surface area (Å²) in [6.45, 7) is 4.45. The lowest BCUT2D eigenvalue weighted by Crippen LogP contribution is -1.90. The van der Waals surface area contributed by atoms with E-state index in [1.165, 1.54) is 11.1 Å². The summed E-state index contributed by atoms with van der Waals surface area (Å²) in [5, 5.41) is 0. The summed E-state index contributed by atoms with van der Waals surface area (Å²) < 4.78 is 0. The Bertz CT molecular complexity index is 508. The lowest BCUT2D eigenvalue weighted by atomic mass is 9.96. The van der Waals surface area contributed by atoms with Gasteiger partial charge >= 0.3 is 0 Å². The van der Waals surface area contributed by atoms with E-state index in [0.29, 0.717) is 5.92 Å². The fourth-order valence-corrected chi connectivity index (χ4v) is 1.99. The molecule has 0 spiro atoms. The van der Waals surface area contributed by atoms with E-state index >= 15 is 0 Å². The Balaban J connectivity index is 2.25. The number of carbonyl (C=O) groups excluding carboxylic acids is 1. The lowest BCUT2D eigenvalue weighted by Gasteiger charge is -2.10. The van der Waals surface area contributed by atoms with Crippen LogP contribution in [-0.4, -0.2) is 6.29 Å². The number of aldehydes is 1. The van der Waals surface area contributed by atoms with Crippen LogP contribution < -0.4 is 0 Å². The SMILES string of the molecule is CC[C@@H](C)c1ccc(-c2ccc(C=O)cc2)cc1. The molecule has 0 aliphatic heterocycles. The molecule has 2 rings (SSSR count). The monoisotopic (exact) mass is 238 g/mol. The number of rotatable bonds is 4. The summed E-state index contributed by atoms with van der Waals surface area (Å²) in [6.07, 6.45) is 2.03. The first-order valence-corrected chi connectivity index (χ1v) is 6.40. The van der Waals surface area contributed by atoms with E-state index in [4.69, 9.17) is 0 Å². The Kier molecular flexibility index (Phi) is 3.93. The second kappa shape index (κ2) is 5.63. The van der Waals surface area contributed by atoms with Crippen molar-refractivity contribution in [2.45, 2.75) is 26.2 Å². The van der Waals surface area contributed by atoms with E-state index < -0.39 is 0 Å². The average Bonchev–Trinajstić information content (AvgIpc) is 2.47. The van der Waals surface area contributed by atoms with Gasteiger partial charge in [-0.2, -0.15) is 0 Å². The molecule has 2 aromatic rings. The van der Waals surface area contributed by atoms with E-state index in [9.17, 15) is 4.79 Å². The Labute approximate surface area is 108 Å². The van der Waals surface area contributed by atoms with E-state index in [1.54, 1.807) is 0 Å². The van der Waals surface area contributed by atoms with Crippen LogP contribution >= 0.6 is 0 Å². The van der Waals surface area contributed by atoms with Gasteiger partial charge in [-0.05, 0) is 29.0 Å². The van der Waals surface area contributed by atoms with Gasteiger partial charge in [-0.25, -0.2) is 0 Å². The van der Waals surface area contributed by atoms with Crippen LogP contribution in [0.3, 0.4) is 0 Å². The lowest BCUT2D eigenvalue weighted by molar-refractivity contribution is 0.112. The number of hydrogen-bond acceptors (Lipinski definition) is 1. The molecule has 0 radical (unpaired) electrons. The first-order valence-electron chi connectivity index (χ1n) is 6.40. The molecule has 0 unspecified atom stereocenters. The Morgan fingerprint density at radius 2 is 1.44 bits per heavy atom. The zero-order chi connectivity index (χ0) is 13.0. The van der Waals surface area contributed by atoms with Gasteiger partial charge in [0.1, 0.15) is 6.29 Å². The molecule has 0 aromatic heterocycles. The summed E-state index contributed by atoms with van der Waals surface area (Å²) in [4.78, 5) is 10.6. The predicted molar refractivity (Wildman–Crippen MR) is 76.0 cm³/mol. The molecular formula is C17H18O. The highest BCUT2D eigenvalue weighted by Crippen LogP contribution is 2.24. The molecule has 0 saturated carbocycles.